The Hall–Kier alpha value is -2.06. The molecule has 0 atom stereocenters. The second kappa shape index (κ2) is 4.90. The number of hydrogen-bond donors (Lipinski definition) is 1. The first-order chi connectivity index (χ1) is 8.95. The molecule has 0 aliphatic carbocycles. The van der Waals surface area contributed by atoms with E-state index < -0.39 is 11.6 Å². The van der Waals surface area contributed by atoms with Crippen molar-refractivity contribution in [1.29, 1.82) is 5.26 Å². The zero-order valence-electron chi connectivity index (χ0n) is 11.0. The standard InChI is InChI=1S/C14H16N2O3/c1-10-4-3-5-11(6-15)13(10)16-8-14(2,9-16)19-7-12(17)18/h3-5H,7-9H2,1-2H3,(H,17,18). The van der Waals surface area contributed by atoms with Crippen molar-refractivity contribution in [2.24, 2.45) is 0 Å². The first-order valence-electron chi connectivity index (χ1n) is 6.05. The topological polar surface area (TPSA) is 73.6 Å². The fourth-order valence-electron chi connectivity index (χ4n) is 2.42. The normalized spacial score (nSPS) is 16.6. The van der Waals surface area contributed by atoms with Gasteiger partial charge in [-0.05, 0) is 25.5 Å². The zero-order valence-corrected chi connectivity index (χ0v) is 11.0. The lowest BCUT2D eigenvalue weighted by Gasteiger charge is -2.49. The number of carboxylic acid groups (broad SMARTS) is 1. The van der Waals surface area contributed by atoms with E-state index >= 15 is 0 Å². The number of rotatable bonds is 4. The molecule has 19 heavy (non-hydrogen) atoms. The quantitative estimate of drug-likeness (QED) is 0.889. The summed E-state index contributed by atoms with van der Waals surface area (Å²) >= 11 is 0. The van der Waals surface area contributed by atoms with E-state index in [0.29, 0.717) is 18.7 Å². The lowest BCUT2D eigenvalue weighted by molar-refractivity contribution is -0.150. The second-order valence-corrected chi connectivity index (χ2v) is 5.07. The van der Waals surface area contributed by atoms with Gasteiger partial charge in [0.05, 0.1) is 11.3 Å². The van der Waals surface area contributed by atoms with E-state index in [1.807, 2.05) is 26.0 Å². The van der Waals surface area contributed by atoms with Crippen molar-refractivity contribution >= 4 is 11.7 Å². The second-order valence-electron chi connectivity index (χ2n) is 5.07. The van der Waals surface area contributed by atoms with Crippen LogP contribution in [0.5, 0.6) is 0 Å². The van der Waals surface area contributed by atoms with Crippen molar-refractivity contribution in [3.05, 3.63) is 29.3 Å². The molecule has 0 aromatic heterocycles. The number of para-hydroxylation sites is 1. The Morgan fingerprint density at radius 1 is 1.58 bits per heavy atom. The number of carboxylic acids is 1. The average molecular weight is 260 g/mol. The Balaban J connectivity index is 2.09. The fourth-order valence-corrected chi connectivity index (χ4v) is 2.42. The van der Waals surface area contributed by atoms with Gasteiger partial charge in [0.15, 0.2) is 0 Å². The van der Waals surface area contributed by atoms with Crippen molar-refractivity contribution in [3.63, 3.8) is 0 Å². The van der Waals surface area contributed by atoms with Gasteiger partial charge in [0, 0.05) is 13.1 Å². The Morgan fingerprint density at radius 3 is 2.84 bits per heavy atom. The summed E-state index contributed by atoms with van der Waals surface area (Å²) in [4.78, 5) is 12.6. The summed E-state index contributed by atoms with van der Waals surface area (Å²) in [6.45, 7) is 4.75. The third-order valence-corrected chi connectivity index (χ3v) is 3.27. The molecule has 1 heterocycles. The molecular formula is C14H16N2O3. The van der Waals surface area contributed by atoms with Crippen molar-refractivity contribution in [3.8, 4) is 6.07 Å². The van der Waals surface area contributed by atoms with Crippen LogP contribution < -0.4 is 4.90 Å². The molecule has 1 N–H and O–H groups in total. The average Bonchev–Trinajstić information content (AvgIpc) is 2.33. The Morgan fingerprint density at radius 2 is 2.26 bits per heavy atom. The molecule has 1 aliphatic rings. The number of hydrogen-bond acceptors (Lipinski definition) is 4. The molecule has 0 amide bonds. The van der Waals surface area contributed by atoms with Crippen molar-refractivity contribution in [2.45, 2.75) is 19.4 Å². The summed E-state index contributed by atoms with van der Waals surface area (Å²) in [6, 6.07) is 7.79. The van der Waals surface area contributed by atoms with Crippen LogP contribution in [0, 0.1) is 18.3 Å². The van der Waals surface area contributed by atoms with Crippen LogP contribution in [0.4, 0.5) is 5.69 Å². The molecule has 0 bridgehead atoms. The van der Waals surface area contributed by atoms with Crippen LogP contribution in [-0.4, -0.2) is 36.4 Å². The number of carbonyl (C=O) groups is 1. The molecule has 0 spiro atoms. The number of aliphatic carboxylic acids is 1. The third-order valence-electron chi connectivity index (χ3n) is 3.27. The van der Waals surface area contributed by atoms with Gasteiger partial charge < -0.3 is 14.7 Å². The molecule has 1 aromatic rings. The highest BCUT2D eigenvalue weighted by Crippen LogP contribution is 2.34. The van der Waals surface area contributed by atoms with Crippen LogP contribution in [0.1, 0.15) is 18.1 Å². The van der Waals surface area contributed by atoms with E-state index in [-0.39, 0.29) is 6.61 Å². The molecule has 100 valence electrons. The first kappa shape index (κ1) is 13.4. The SMILES string of the molecule is Cc1cccc(C#N)c1N1CC(C)(OCC(=O)O)C1. The molecular weight excluding hydrogens is 244 g/mol. The van der Waals surface area contributed by atoms with E-state index in [0.717, 1.165) is 11.3 Å². The fraction of sp³-hybridized carbons (Fsp3) is 0.429. The van der Waals surface area contributed by atoms with Gasteiger partial charge >= 0.3 is 5.97 Å². The van der Waals surface area contributed by atoms with E-state index in [2.05, 4.69) is 11.0 Å². The largest absolute Gasteiger partial charge is 0.480 e. The van der Waals surface area contributed by atoms with E-state index in [1.54, 1.807) is 6.07 Å². The van der Waals surface area contributed by atoms with Gasteiger partial charge in [-0.25, -0.2) is 4.79 Å². The monoisotopic (exact) mass is 260 g/mol. The van der Waals surface area contributed by atoms with Gasteiger partial charge in [0.1, 0.15) is 18.3 Å². The highest BCUT2D eigenvalue weighted by Gasteiger charge is 2.41. The maximum Gasteiger partial charge on any atom is 0.329 e. The van der Waals surface area contributed by atoms with Crippen molar-refractivity contribution < 1.29 is 14.6 Å². The highest BCUT2D eigenvalue weighted by atomic mass is 16.5. The summed E-state index contributed by atoms with van der Waals surface area (Å²) in [6.07, 6.45) is 0. The molecule has 5 nitrogen and oxygen atoms in total. The van der Waals surface area contributed by atoms with E-state index in [1.165, 1.54) is 0 Å². The summed E-state index contributed by atoms with van der Waals surface area (Å²) in [5, 5.41) is 17.8. The smallest absolute Gasteiger partial charge is 0.329 e. The van der Waals surface area contributed by atoms with Gasteiger partial charge in [-0.2, -0.15) is 5.26 Å². The minimum atomic E-state index is -0.965. The number of nitriles is 1. The molecule has 0 saturated carbocycles. The highest BCUT2D eigenvalue weighted by molar-refractivity contribution is 5.68. The molecule has 1 fully saturated rings. The Kier molecular flexibility index (Phi) is 3.45. The summed E-state index contributed by atoms with van der Waals surface area (Å²) in [5.74, 6) is -0.965. The third kappa shape index (κ3) is 2.69. The molecule has 0 unspecified atom stereocenters. The first-order valence-corrected chi connectivity index (χ1v) is 6.05. The minimum Gasteiger partial charge on any atom is -0.480 e. The minimum absolute atomic E-state index is 0.288. The Labute approximate surface area is 112 Å². The molecule has 2 rings (SSSR count). The van der Waals surface area contributed by atoms with Crippen LogP contribution >= 0.6 is 0 Å². The van der Waals surface area contributed by atoms with Gasteiger partial charge in [0.25, 0.3) is 0 Å². The van der Waals surface area contributed by atoms with Crippen LogP contribution in [0.3, 0.4) is 0 Å². The lowest BCUT2D eigenvalue weighted by atomic mass is 9.93. The number of benzene rings is 1. The predicted molar refractivity (Wildman–Crippen MR) is 70.1 cm³/mol. The summed E-state index contributed by atoms with van der Waals surface area (Å²) < 4.78 is 5.37. The number of aryl methyl sites for hydroxylation is 1. The van der Waals surface area contributed by atoms with Crippen LogP contribution in [0.2, 0.25) is 0 Å². The number of anilines is 1. The Bertz CT molecular complexity index is 542. The van der Waals surface area contributed by atoms with Gasteiger partial charge in [-0.15, -0.1) is 0 Å². The zero-order chi connectivity index (χ0) is 14.0. The van der Waals surface area contributed by atoms with Crippen LogP contribution in [0.15, 0.2) is 18.2 Å². The van der Waals surface area contributed by atoms with Crippen LogP contribution in [-0.2, 0) is 9.53 Å². The van der Waals surface area contributed by atoms with Crippen molar-refractivity contribution in [2.75, 3.05) is 24.6 Å². The molecule has 0 radical (unpaired) electrons. The lowest BCUT2D eigenvalue weighted by Crippen LogP contribution is -2.62. The summed E-state index contributed by atoms with van der Waals surface area (Å²) in [5.41, 5.74) is 2.15. The van der Waals surface area contributed by atoms with Gasteiger partial charge in [0.2, 0.25) is 0 Å². The maximum absolute atomic E-state index is 10.5. The number of nitrogens with zero attached hydrogens (tertiary/aromatic N) is 2. The number of ether oxygens (including phenoxy) is 1. The van der Waals surface area contributed by atoms with Crippen molar-refractivity contribution in [1.82, 2.24) is 0 Å². The van der Waals surface area contributed by atoms with Gasteiger partial charge in [-0.3, -0.25) is 0 Å². The molecule has 1 saturated heterocycles. The molecule has 1 aliphatic heterocycles. The van der Waals surface area contributed by atoms with E-state index in [4.69, 9.17) is 15.1 Å². The van der Waals surface area contributed by atoms with E-state index in [9.17, 15) is 4.79 Å². The predicted octanol–water partition coefficient (Wildman–Crippen LogP) is 1.55. The molecule has 1 aromatic carbocycles. The van der Waals surface area contributed by atoms with Crippen LogP contribution in [0.25, 0.3) is 0 Å². The summed E-state index contributed by atoms with van der Waals surface area (Å²) in [7, 11) is 0. The molecule has 5 heteroatoms. The maximum atomic E-state index is 10.5. The van der Waals surface area contributed by atoms with Gasteiger partial charge in [-0.1, -0.05) is 12.1 Å².